The second-order valence-electron chi connectivity index (χ2n) is 6.35. The fourth-order valence-electron chi connectivity index (χ4n) is 2.49. The van der Waals surface area contributed by atoms with E-state index in [1.807, 2.05) is 37.3 Å². The van der Waals surface area contributed by atoms with Crippen molar-refractivity contribution in [1.82, 2.24) is 10.6 Å². The Labute approximate surface area is 132 Å². The fourth-order valence-corrected chi connectivity index (χ4v) is 2.49. The van der Waals surface area contributed by atoms with Gasteiger partial charge in [-0.25, -0.2) is 0 Å². The summed E-state index contributed by atoms with van der Waals surface area (Å²) in [6.07, 6.45) is 1.07. The van der Waals surface area contributed by atoms with Crippen LogP contribution in [0.15, 0.2) is 30.3 Å². The van der Waals surface area contributed by atoms with Crippen molar-refractivity contribution < 1.29 is 9.59 Å². The van der Waals surface area contributed by atoms with Crippen molar-refractivity contribution in [2.24, 2.45) is 11.7 Å². The van der Waals surface area contributed by atoms with Crippen LogP contribution in [-0.4, -0.2) is 30.4 Å². The molecule has 1 atom stereocenters. The Kier molecular flexibility index (Phi) is 7.05. The highest BCUT2D eigenvalue weighted by molar-refractivity contribution is 5.86. The Morgan fingerprint density at radius 1 is 1.18 bits per heavy atom. The largest absolute Gasteiger partial charge is 0.348 e. The minimum Gasteiger partial charge on any atom is -0.348 e. The summed E-state index contributed by atoms with van der Waals surface area (Å²) in [6.45, 7) is 6.44. The summed E-state index contributed by atoms with van der Waals surface area (Å²) in [6, 6.07) is 9.43. The van der Waals surface area contributed by atoms with Gasteiger partial charge in [-0.3, -0.25) is 9.59 Å². The van der Waals surface area contributed by atoms with Crippen LogP contribution in [0.1, 0.15) is 32.8 Å². The van der Waals surface area contributed by atoms with E-state index in [0.717, 1.165) is 12.0 Å². The Bertz CT molecular complexity index is 488. The molecule has 2 amide bonds. The predicted molar refractivity (Wildman–Crippen MR) is 88.2 cm³/mol. The zero-order valence-corrected chi connectivity index (χ0v) is 13.7. The minimum absolute atomic E-state index is 0.0284. The second kappa shape index (κ2) is 8.54. The van der Waals surface area contributed by atoms with Gasteiger partial charge in [-0.1, -0.05) is 44.2 Å². The molecule has 4 N–H and O–H groups in total. The van der Waals surface area contributed by atoms with Crippen molar-refractivity contribution in [2.45, 2.75) is 39.2 Å². The first-order chi connectivity index (χ1) is 10.3. The lowest BCUT2D eigenvalue weighted by atomic mass is 9.91. The molecule has 22 heavy (non-hydrogen) atoms. The molecule has 1 unspecified atom stereocenters. The van der Waals surface area contributed by atoms with Gasteiger partial charge in [-0.15, -0.1) is 0 Å². The molecule has 1 aromatic rings. The number of rotatable bonds is 8. The highest BCUT2D eigenvalue weighted by Gasteiger charge is 2.25. The Morgan fingerprint density at radius 2 is 1.82 bits per heavy atom. The zero-order valence-electron chi connectivity index (χ0n) is 13.7. The molecular formula is C17H27N3O2. The molecule has 0 saturated heterocycles. The van der Waals surface area contributed by atoms with Gasteiger partial charge in [-0.05, 0) is 24.8 Å². The van der Waals surface area contributed by atoms with Crippen LogP contribution < -0.4 is 16.4 Å². The summed E-state index contributed by atoms with van der Waals surface area (Å²) in [4.78, 5) is 23.8. The summed E-state index contributed by atoms with van der Waals surface area (Å²) < 4.78 is 0. The minimum atomic E-state index is -0.435. The molecule has 5 nitrogen and oxygen atoms in total. The van der Waals surface area contributed by atoms with Crippen molar-refractivity contribution in [3.63, 3.8) is 0 Å². The highest BCUT2D eigenvalue weighted by atomic mass is 16.2. The van der Waals surface area contributed by atoms with Crippen molar-refractivity contribution in [1.29, 1.82) is 0 Å². The number of hydrogen-bond donors (Lipinski definition) is 3. The van der Waals surface area contributed by atoms with Crippen LogP contribution in [0.4, 0.5) is 0 Å². The Balaban J connectivity index is 2.40. The molecule has 0 spiro atoms. The third kappa shape index (κ3) is 6.72. The number of hydrogen-bond acceptors (Lipinski definition) is 3. The molecular weight excluding hydrogens is 278 g/mol. The van der Waals surface area contributed by atoms with Crippen molar-refractivity contribution in [3.05, 3.63) is 35.9 Å². The molecule has 0 aliphatic heterocycles. The van der Waals surface area contributed by atoms with Gasteiger partial charge in [0.1, 0.15) is 0 Å². The van der Waals surface area contributed by atoms with E-state index in [1.165, 1.54) is 0 Å². The van der Waals surface area contributed by atoms with E-state index in [0.29, 0.717) is 12.5 Å². The molecule has 0 aliphatic rings. The molecule has 0 aromatic heterocycles. The lowest BCUT2D eigenvalue weighted by Crippen LogP contribution is -2.54. The first-order valence-electron chi connectivity index (χ1n) is 7.66. The second-order valence-corrected chi connectivity index (χ2v) is 6.35. The third-order valence-electron chi connectivity index (χ3n) is 3.40. The van der Waals surface area contributed by atoms with Crippen LogP contribution in [0.5, 0.6) is 0 Å². The molecule has 1 rings (SSSR count). The number of benzene rings is 1. The molecule has 1 aromatic carbocycles. The normalized spacial score (nSPS) is 13.5. The van der Waals surface area contributed by atoms with Crippen molar-refractivity contribution in [3.8, 4) is 0 Å². The molecule has 0 bridgehead atoms. The van der Waals surface area contributed by atoms with Gasteiger partial charge in [0.05, 0.1) is 13.0 Å². The van der Waals surface area contributed by atoms with Gasteiger partial charge in [-0.2, -0.15) is 0 Å². The topological polar surface area (TPSA) is 84.2 Å². The maximum absolute atomic E-state index is 12.0. The van der Waals surface area contributed by atoms with Gasteiger partial charge in [0.2, 0.25) is 11.8 Å². The highest BCUT2D eigenvalue weighted by Crippen LogP contribution is 2.14. The van der Waals surface area contributed by atoms with E-state index >= 15 is 0 Å². The number of carbonyl (C=O) groups is 2. The van der Waals surface area contributed by atoms with Gasteiger partial charge in [0.15, 0.2) is 0 Å². The average molecular weight is 305 g/mol. The van der Waals surface area contributed by atoms with Crippen LogP contribution >= 0.6 is 0 Å². The van der Waals surface area contributed by atoms with Crippen molar-refractivity contribution in [2.75, 3.05) is 13.1 Å². The van der Waals surface area contributed by atoms with Crippen LogP contribution in [0.2, 0.25) is 0 Å². The summed E-state index contributed by atoms with van der Waals surface area (Å²) >= 11 is 0. The zero-order chi connectivity index (χ0) is 16.6. The quantitative estimate of drug-likeness (QED) is 0.675. The first-order valence-corrected chi connectivity index (χ1v) is 7.66. The SMILES string of the molecule is CC(C)CC(C)(CN)NC(=O)CNC(=O)Cc1ccccc1. The number of amides is 2. The molecule has 0 fully saturated rings. The molecule has 0 saturated carbocycles. The van der Waals surface area contributed by atoms with Crippen molar-refractivity contribution >= 4 is 11.8 Å². The molecule has 0 heterocycles. The summed E-state index contributed by atoms with van der Waals surface area (Å²) in [5.74, 6) is 0.0520. The summed E-state index contributed by atoms with van der Waals surface area (Å²) in [5.41, 5.74) is 6.25. The van der Waals surface area contributed by atoms with Crippen LogP contribution in [0, 0.1) is 5.92 Å². The monoisotopic (exact) mass is 305 g/mol. The maximum atomic E-state index is 12.0. The maximum Gasteiger partial charge on any atom is 0.239 e. The van der Waals surface area contributed by atoms with E-state index < -0.39 is 5.54 Å². The first kappa shape index (κ1) is 18.2. The smallest absolute Gasteiger partial charge is 0.239 e. The van der Waals surface area contributed by atoms with Crippen LogP contribution in [0.3, 0.4) is 0 Å². The lowest BCUT2D eigenvalue weighted by molar-refractivity contribution is -0.126. The van der Waals surface area contributed by atoms with Crippen LogP contribution in [-0.2, 0) is 16.0 Å². The van der Waals surface area contributed by atoms with Gasteiger partial charge >= 0.3 is 0 Å². The predicted octanol–water partition coefficient (Wildman–Crippen LogP) is 1.23. The number of nitrogens with two attached hydrogens (primary N) is 1. The standard InChI is InChI=1S/C17H27N3O2/c1-13(2)10-17(3,12-18)20-16(22)11-19-15(21)9-14-7-5-4-6-8-14/h4-8,13H,9-12,18H2,1-3H3,(H,19,21)(H,20,22). The molecule has 0 aliphatic carbocycles. The summed E-state index contributed by atoms with van der Waals surface area (Å²) in [5, 5.41) is 5.55. The van der Waals surface area contributed by atoms with E-state index in [-0.39, 0.29) is 24.8 Å². The Morgan fingerprint density at radius 3 is 2.36 bits per heavy atom. The molecule has 5 heteroatoms. The van der Waals surface area contributed by atoms with E-state index in [2.05, 4.69) is 24.5 Å². The van der Waals surface area contributed by atoms with E-state index in [1.54, 1.807) is 0 Å². The van der Waals surface area contributed by atoms with Gasteiger partial charge in [0, 0.05) is 12.1 Å². The number of carbonyl (C=O) groups excluding carboxylic acids is 2. The third-order valence-corrected chi connectivity index (χ3v) is 3.40. The number of nitrogens with one attached hydrogen (secondary N) is 2. The van der Waals surface area contributed by atoms with Gasteiger partial charge in [0.25, 0.3) is 0 Å². The van der Waals surface area contributed by atoms with E-state index in [4.69, 9.17) is 5.73 Å². The van der Waals surface area contributed by atoms with Gasteiger partial charge < -0.3 is 16.4 Å². The molecule has 0 radical (unpaired) electrons. The summed E-state index contributed by atoms with van der Waals surface area (Å²) in [7, 11) is 0. The Hall–Kier alpha value is -1.88. The van der Waals surface area contributed by atoms with E-state index in [9.17, 15) is 9.59 Å². The average Bonchev–Trinajstić information content (AvgIpc) is 2.45. The van der Waals surface area contributed by atoms with Crippen LogP contribution in [0.25, 0.3) is 0 Å². The lowest BCUT2D eigenvalue weighted by Gasteiger charge is -2.31. The fraction of sp³-hybridized carbons (Fsp3) is 0.529. The molecule has 122 valence electrons.